The zero-order valence-electron chi connectivity index (χ0n) is 28.3. The van der Waals surface area contributed by atoms with Crippen LogP contribution >= 0.6 is 0 Å². The fourth-order valence-electron chi connectivity index (χ4n) is 11.0. The Labute approximate surface area is 292 Å². The van der Waals surface area contributed by atoms with Crippen LogP contribution in [-0.2, 0) is 24.1 Å². The molecule has 1 saturated heterocycles. The van der Waals surface area contributed by atoms with Gasteiger partial charge in [-0.25, -0.2) is 4.18 Å². The summed E-state index contributed by atoms with van der Waals surface area (Å²) in [6.45, 7) is 11.2. The van der Waals surface area contributed by atoms with Crippen LogP contribution in [0.15, 0.2) is 0 Å². The molecule has 0 spiro atoms. The average Bonchev–Trinajstić information content (AvgIpc) is 3.30. The topological polar surface area (TPSA) is 163 Å². The normalized spacial score (nSPS) is 47.4. The van der Waals surface area contributed by atoms with Crippen molar-refractivity contribution in [2.75, 3.05) is 6.61 Å². The van der Waals surface area contributed by atoms with Gasteiger partial charge in [0.15, 0.2) is 6.29 Å². The molecule has 4 aliphatic carbocycles. The molecule has 5 aliphatic rings. The molecule has 0 aromatic heterocycles. The van der Waals surface area contributed by atoms with Gasteiger partial charge in [-0.15, -0.1) is 0 Å². The minimum absolute atomic E-state index is 0. The van der Waals surface area contributed by atoms with Gasteiger partial charge in [0, 0.05) is 0 Å². The maximum Gasteiger partial charge on any atom is 1.00 e. The van der Waals surface area contributed by atoms with Gasteiger partial charge in [0.25, 0.3) is 0 Å². The van der Waals surface area contributed by atoms with Gasteiger partial charge < -0.3 is 29.9 Å². The zero-order valence-corrected chi connectivity index (χ0v) is 31.1. The molecule has 1 heterocycles. The van der Waals surface area contributed by atoms with E-state index in [1.807, 2.05) is 0 Å². The van der Waals surface area contributed by atoms with E-state index in [1.54, 1.807) is 0 Å². The third-order valence-corrected chi connectivity index (χ3v) is 13.7. The molecule has 5 rings (SSSR count). The quantitative estimate of drug-likeness (QED) is 0.129. The second-order valence-corrected chi connectivity index (χ2v) is 17.1. The van der Waals surface area contributed by atoms with Crippen LogP contribution in [0.4, 0.5) is 0 Å². The van der Waals surface area contributed by atoms with Crippen LogP contribution in [0, 0.1) is 52.3 Å². The Kier molecular flexibility index (Phi) is 12.7. The summed E-state index contributed by atoms with van der Waals surface area (Å²) in [7, 11) is -4.69. The molecule has 256 valence electrons. The average molecular weight is 670 g/mol. The number of aliphatic hydroxyl groups is 4. The summed E-state index contributed by atoms with van der Waals surface area (Å²) >= 11 is 0. The van der Waals surface area contributed by atoms with Crippen molar-refractivity contribution in [2.24, 2.45) is 52.3 Å². The van der Waals surface area contributed by atoms with Crippen molar-refractivity contribution in [3.63, 3.8) is 0 Å². The first kappa shape index (κ1) is 38.4. The molecule has 1 aliphatic heterocycles. The molecule has 0 aromatic rings. The monoisotopic (exact) mass is 669 g/mol. The Balaban J connectivity index is 0.00000461. The van der Waals surface area contributed by atoms with Crippen molar-refractivity contribution in [3.8, 4) is 0 Å². The number of ether oxygens (including phenoxy) is 2. The van der Waals surface area contributed by atoms with Gasteiger partial charge in [0.05, 0.1) is 18.8 Å². The maximum atomic E-state index is 12.2. The molecule has 0 amide bonds. The van der Waals surface area contributed by atoms with Crippen molar-refractivity contribution in [2.45, 2.75) is 148 Å². The van der Waals surface area contributed by atoms with Crippen LogP contribution in [0.25, 0.3) is 0 Å². The summed E-state index contributed by atoms with van der Waals surface area (Å²) in [6, 6.07) is 0. The smallest absolute Gasteiger partial charge is 0.394 e. The first-order chi connectivity index (χ1) is 20.6. The van der Waals surface area contributed by atoms with E-state index >= 15 is 0 Å². The van der Waals surface area contributed by atoms with Crippen molar-refractivity contribution in [1.29, 1.82) is 0 Å². The van der Waals surface area contributed by atoms with E-state index in [-0.39, 0.29) is 46.3 Å². The van der Waals surface area contributed by atoms with Crippen LogP contribution in [0.5, 0.6) is 0 Å². The van der Waals surface area contributed by atoms with E-state index < -0.39 is 59.9 Å². The van der Waals surface area contributed by atoms with Crippen molar-refractivity contribution < 1.29 is 76.6 Å². The molecule has 10 unspecified atom stereocenters. The van der Waals surface area contributed by atoms with Crippen molar-refractivity contribution in [3.05, 3.63) is 0 Å². The summed E-state index contributed by atoms with van der Waals surface area (Å²) in [5.74, 6) is 3.06. The molecule has 4 saturated carbocycles. The van der Waals surface area contributed by atoms with Crippen LogP contribution in [0.1, 0.15) is 105 Å². The van der Waals surface area contributed by atoms with Crippen molar-refractivity contribution >= 4 is 10.4 Å². The molecule has 0 aromatic carbocycles. The first-order valence-corrected chi connectivity index (χ1v) is 18.6. The van der Waals surface area contributed by atoms with E-state index in [1.165, 1.54) is 32.1 Å². The second kappa shape index (κ2) is 14.9. The standard InChI is InChI=1S/C33H58O10S.Na/c1-18(2)7-6-8-19(3)22-9-10-23-21-16-26(43-44(38,39)40)25-15-20(11-13-33(25,5)24(21)12-14-32(22,23)4)41-31-30(37)29(36)28(35)27(17-34)42-31;/h18-31,34-37H,6-17H2,1-5H3,(H,38,39,40);/q;+1/t19-,20+,21+,22?,23?,24?,25?,26?,27?,28?,29?,30?,31?,32-,33-;/m1./s1. The number of fused-ring (bicyclic) bond motifs is 5. The summed E-state index contributed by atoms with van der Waals surface area (Å²) in [6.07, 6.45) is 2.94. The van der Waals surface area contributed by atoms with E-state index in [0.717, 1.165) is 25.2 Å². The number of aliphatic hydroxyl groups excluding tert-OH is 4. The zero-order chi connectivity index (χ0) is 32.2. The minimum Gasteiger partial charge on any atom is -0.394 e. The number of hydrogen-bond donors (Lipinski definition) is 5. The second-order valence-electron chi connectivity index (χ2n) is 16.0. The summed E-state index contributed by atoms with van der Waals surface area (Å²) in [5, 5.41) is 40.6. The minimum atomic E-state index is -4.69. The predicted octanol–water partition coefficient (Wildman–Crippen LogP) is 1.09. The van der Waals surface area contributed by atoms with Crippen molar-refractivity contribution in [1.82, 2.24) is 0 Å². The molecular formula is C33H58NaO10S+. The molecule has 45 heavy (non-hydrogen) atoms. The van der Waals surface area contributed by atoms with E-state index in [9.17, 15) is 33.4 Å². The molecule has 15 atom stereocenters. The van der Waals surface area contributed by atoms with Crippen LogP contribution in [-0.4, -0.2) is 82.9 Å². The maximum absolute atomic E-state index is 12.2. The Morgan fingerprint density at radius 3 is 2.18 bits per heavy atom. The van der Waals surface area contributed by atoms with E-state index in [2.05, 4.69) is 34.6 Å². The van der Waals surface area contributed by atoms with E-state index in [0.29, 0.717) is 48.9 Å². The van der Waals surface area contributed by atoms with Crippen LogP contribution in [0.2, 0.25) is 0 Å². The van der Waals surface area contributed by atoms with Gasteiger partial charge in [0.1, 0.15) is 24.4 Å². The first-order valence-electron chi connectivity index (χ1n) is 17.2. The molecular weight excluding hydrogens is 611 g/mol. The molecule has 10 nitrogen and oxygen atoms in total. The Morgan fingerprint density at radius 1 is 0.867 bits per heavy atom. The van der Waals surface area contributed by atoms with Crippen LogP contribution < -0.4 is 29.6 Å². The number of rotatable bonds is 10. The third kappa shape index (κ3) is 7.70. The Hall–Kier alpha value is 0.630. The molecule has 12 heteroatoms. The van der Waals surface area contributed by atoms with Gasteiger partial charge in [-0.3, -0.25) is 4.55 Å². The van der Waals surface area contributed by atoms with Gasteiger partial charge in [-0.2, -0.15) is 8.42 Å². The van der Waals surface area contributed by atoms with Crippen LogP contribution in [0.3, 0.4) is 0 Å². The van der Waals surface area contributed by atoms with E-state index in [4.69, 9.17) is 13.7 Å². The third-order valence-electron chi connectivity index (χ3n) is 13.2. The van der Waals surface area contributed by atoms with Gasteiger partial charge in [-0.1, -0.05) is 53.9 Å². The summed E-state index contributed by atoms with van der Waals surface area (Å²) in [4.78, 5) is 0. The van der Waals surface area contributed by atoms with Gasteiger partial charge in [-0.05, 0) is 104 Å². The molecule has 0 radical (unpaired) electrons. The van der Waals surface area contributed by atoms with Gasteiger partial charge >= 0.3 is 40.0 Å². The predicted molar refractivity (Wildman–Crippen MR) is 164 cm³/mol. The van der Waals surface area contributed by atoms with Gasteiger partial charge in [0.2, 0.25) is 0 Å². The molecule has 5 fully saturated rings. The largest absolute Gasteiger partial charge is 1.00 e. The fraction of sp³-hybridized carbons (Fsp3) is 1.00. The number of hydrogen-bond acceptors (Lipinski definition) is 9. The fourth-order valence-corrected chi connectivity index (χ4v) is 11.5. The Bertz CT molecular complexity index is 1090. The molecule has 0 bridgehead atoms. The Morgan fingerprint density at radius 2 is 1.53 bits per heavy atom. The SMILES string of the molecule is CC(C)CCC[C@@H](C)C1CCC2[C@@H]3CC(OS(=O)(=O)O)C4C[C@@H](OC5OC(CO)C(O)C(O)C5O)CC[C@]4(C)C3CC[C@@]21C.[Na+]. The summed E-state index contributed by atoms with van der Waals surface area (Å²) in [5.41, 5.74) is 0.00345. The molecule has 5 N–H and O–H groups in total. The summed E-state index contributed by atoms with van der Waals surface area (Å²) < 4.78 is 51.5.